The van der Waals surface area contributed by atoms with Crippen LogP contribution in [0.4, 0.5) is 11.4 Å². The highest BCUT2D eigenvalue weighted by atomic mass is 16.5. The predicted octanol–water partition coefficient (Wildman–Crippen LogP) is 0.931. The molecule has 0 bridgehead atoms. The Bertz CT molecular complexity index is 558. The maximum absolute atomic E-state index is 12.1. The molecule has 0 aromatic heterocycles. The van der Waals surface area contributed by atoms with E-state index in [1.165, 1.54) is 6.07 Å². The predicted molar refractivity (Wildman–Crippen MR) is 68.6 cm³/mol. The SMILES string of the molecule is COC1CC2C(=O)Nc3c(C(=O)O)cccc3N2C1. The third-order valence-corrected chi connectivity index (χ3v) is 3.73. The molecular formula is C13H14N2O4. The van der Waals surface area contributed by atoms with Crippen molar-refractivity contribution in [2.45, 2.75) is 18.6 Å². The van der Waals surface area contributed by atoms with Gasteiger partial charge < -0.3 is 20.1 Å². The Morgan fingerprint density at radius 3 is 3.00 bits per heavy atom. The zero-order chi connectivity index (χ0) is 13.6. The lowest BCUT2D eigenvalue weighted by atomic mass is 10.0. The molecule has 1 aromatic carbocycles. The van der Waals surface area contributed by atoms with Gasteiger partial charge in [-0.15, -0.1) is 0 Å². The Morgan fingerprint density at radius 2 is 2.32 bits per heavy atom. The lowest BCUT2D eigenvalue weighted by Crippen LogP contribution is -2.44. The second kappa shape index (κ2) is 4.24. The first-order valence-electron chi connectivity index (χ1n) is 6.08. The van der Waals surface area contributed by atoms with Crippen LogP contribution in [0.25, 0.3) is 0 Å². The zero-order valence-corrected chi connectivity index (χ0v) is 10.4. The number of para-hydroxylation sites is 1. The highest BCUT2D eigenvalue weighted by Gasteiger charge is 2.42. The van der Waals surface area contributed by atoms with Crippen LogP contribution < -0.4 is 10.2 Å². The molecule has 2 heterocycles. The van der Waals surface area contributed by atoms with Crippen LogP contribution in [0.2, 0.25) is 0 Å². The highest BCUT2D eigenvalue weighted by Crippen LogP contribution is 2.39. The molecule has 2 aliphatic heterocycles. The molecule has 1 saturated heterocycles. The number of rotatable bonds is 2. The number of carbonyl (C=O) groups is 2. The van der Waals surface area contributed by atoms with Crippen molar-refractivity contribution in [3.63, 3.8) is 0 Å². The van der Waals surface area contributed by atoms with Gasteiger partial charge in [-0.3, -0.25) is 4.79 Å². The van der Waals surface area contributed by atoms with E-state index in [0.29, 0.717) is 18.7 Å². The van der Waals surface area contributed by atoms with Gasteiger partial charge >= 0.3 is 5.97 Å². The third kappa shape index (κ3) is 1.76. The van der Waals surface area contributed by atoms with Crippen LogP contribution in [0.3, 0.4) is 0 Å². The van der Waals surface area contributed by atoms with Crippen molar-refractivity contribution < 1.29 is 19.4 Å². The van der Waals surface area contributed by atoms with Crippen molar-refractivity contribution in [1.82, 2.24) is 0 Å². The number of fused-ring (bicyclic) bond motifs is 3. The van der Waals surface area contributed by atoms with Crippen molar-refractivity contribution >= 4 is 23.3 Å². The molecular weight excluding hydrogens is 248 g/mol. The second-order valence-corrected chi connectivity index (χ2v) is 4.76. The molecule has 2 atom stereocenters. The maximum Gasteiger partial charge on any atom is 0.337 e. The molecule has 1 amide bonds. The van der Waals surface area contributed by atoms with Crippen molar-refractivity contribution in [3.8, 4) is 0 Å². The van der Waals surface area contributed by atoms with Gasteiger partial charge in [0.05, 0.1) is 23.0 Å². The average Bonchev–Trinajstić information content (AvgIpc) is 2.83. The van der Waals surface area contributed by atoms with Crippen molar-refractivity contribution in [1.29, 1.82) is 0 Å². The minimum Gasteiger partial charge on any atom is -0.478 e. The quantitative estimate of drug-likeness (QED) is 0.829. The van der Waals surface area contributed by atoms with E-state index >= 15 is 0 Å². The first kappa shape index (κ1) is 12.0. The van der Waals surface area contributed by atoms with E-state index in [9.17, 15) is 14.7 Å². The lowest BCUT2D eigenvalue weighted by Gasteiger charge is -2.33. The van der Waals surface area contributed by atoms with E-state index in [4.69, 9.17) is 4.74 Å². The number of ether oxygens (including phenoxy) is 1. The average molecular weight is 262 g/mol. The van der Waals surface area contributed by atoms with Crippen LogP contribution in [0.15, 0.2) is 18.2 Å². The number of aromatic carboxylic acids is 1. The van der Waals surface area contributed by atoms with Crippen LogP contribution in [0.1, 0.15) is 16.8 Å². The summed E-state index contributed by atoms with van der Waals surface area (Å²) >= 11 is 0. The second-order valence-electron chi connectivity index (χ2n) is 4.76. The Kier molecular flexibility index (Phi) is 2.67. The highest BCUT2D eigenvalue weighted by molar-refractivity contribution is 6.10. The summed E-state index contributed by atoms with van der Waals surface area (Å²) in [7, 11) is 1.62. The molecule has 2 N–H and O–H groups in total. The summed E-state index contributed by atoms with van der Waals surface area (Å²) in [6.45, 7) is 0.602. The summed E-state index contributed by atoms with van der Waals surface area (Å²) in [5.41, 5.74) is 1.25. The molecule has 2 unspecified atom stereocenters. The number of nitrogens with one attached hydrogen (secondary N) is 1. The number of benzene rings is 1. The minimum atomic E-state index is -1.04. The van der Waals surface area contributed by atoms with Gasteiger partial charge in [0, 0.05) is 20.1 Å². The summed E-state index contributed by atoms with van der Waals surface area (Å²) in [6.07, 6.45) is 0.620. The molecule has 1 fully saturated rings. The van der Waals surface area contributed by atoms with Gasteiger partial charge in [0.15, 0.2) is 0 Å². The summed E-state index contributed by atoms with van der Waals surface area (Å²) in [5, 5.41) is 11.9. The van der Waals surface area contributed by atoms with Gasteiger partial charge in [-0.05, 0) is 12.1 Å². The van der Waals surface area contributed by atoms with Crippen LogP contribution in [-0.2, 0) is 9.53 Å². The summed E-state index contributed by atoms with van der Waals surface area (Å²) in [5.74, 6) is -1.21. The monoisotopic (exact) mass is 262 g/mol. The van der Waals surface area contributed by atoms with Crippen LogP contribution in [-0.4, -0.2) is 42.8 Å². The fraction of sp³-hybridized carbons (Fsp3) is 0.385. The van der Waals surface area contributed by atoms with E-state index in [1.54, 1.807) is 13.2 Å². The topological polar surface area (TPSA) is 78.9 Å². The van der Waals surface area contributed by atoms with Crippen molar-refractivity contribution in [2.75, 3.05) is 23.9 Å². The van der Waals surface area contributed by atoms with Gasteiger partial charge in [0.2, 0.25) is 5.91 Å². The standard InChI is InChI=1S/C13H14N2O4/c1-19-7-5-10-12(16)14-11-8(13(17)18)3-2-4-9(11)15(10)6-7/h2-4,7,10H,5-6H2,1H3,(H,14,16)(H,17,18). The number of nitrogens with zero attached hydrogens (tertiary/aromatic N) is 1. The molecule has 0 aliphatic carbocycles. The zero-order valence-electron chi connectivity index (χ0n) is 10.4. The lowest BCUT2D eigenvalue weighted by molar-refractivity contribution is -0.117. The first-order valence-corrected chi connectivity index (χ1v) is 6.08. The number of amides is 1. The van der Waals surface area contributed by atoms with Gasteiger partial charge in [-0.2, -0.15) is 0 Å². The maximum atomic E-state index is 12.1. The fourth-order valence-corrected chi connectivity index (χ4v) is 2.78. The molecule has 0 spiro atoms. The number of anilines is 2. The molecule has 2 aliphatic rings. The van der Waals surface area contributed by atoms with E-state index in [-0.39, 0.29) is 23.6 Å². The number of methoxy groups -OCH3 is 1. The van der Waals surface area contributed by atoms with E-state index in [0.717, 1.165) is 5.69 Å². The summed E-state index contributed by atoms with van der Waals surface area (Å²) in [4.78, 5) is 25.2. The van der Waals surface area contributed by atoms with E-state index < -0.39 is 5.97 Å². The molecule has 3 rings (SSSR count). The Balaban J connectivity index is 2.08. The van der Waals surface area contributed by atoms with E-state index in [1.807, 2.05) is 11.0 Å². The summed E-state index contributed by atoms with van der Waals surface area (Å²) in [6, 6.07) is 4.73. The van der Waals surface area contributed by atoms with Crippen LogP contribution in [0, 0.1) is 0 Å². The van der Waals surface area contributed by atoms with Crippen LogP contribution in [0.5, 0.6) is 0 Å². The normalized spacial score (nSPS) is 24.7. The minimum absolute atomic E-state index is 0.00446. The molecule has 0 saturated carbocycles. The molecule has 19 heavy (non-hydrogen) atoms. The largest absolute Gasteiger partial charge is 0.478 e. The first-order chi connectivity index (χ1) is 9.11. The number of carboxylic acids is 1. The number of carboxylic acid groups (broad SMARTS) is 1. The van der Waals surface area contributed by atoms with Crippen molar-refractivity contribution in [2.24, 2.45) is 0 Å². The van der Waals surface area contributed by atoms with E-state index in [2.05, 4.69) is 5.32 Å². The Labute approximate surface area is 110 Å². The molecule has 6 heteroatoms. The van der Waals surface area contributed by atoms with Crippen LogP contribution >= 0.6 is 0 Å². The number of carbonyl (C=O) groups excluding carboxylic acids is 1. The third-order valence-electron chi connectivity index (χ3n) is 3.73. The van der Waals surface area contributed by atoms with Gasteiger partial charge in [-0.25, -0.2) is 4.79 Å². The van der Waals surface area contributed by atoms with Crippen molar-refractivity contribution in [3.05, 3.63) is 23.8 Å². The Morgan fingerprint density at radius 1 is 1.53 bits per heavy atom. The molecule has 0 radical (unpaired) electrons. The number of hydrogen-bond acceptors (Lipinski definition) is 4. The fourth-order valence-electron chi connectivity index (χ4n) is 2.78. The van der Waals surface area contributed by atoms with Gasteiger partial charge in [0.25, 0.3) is 0 Å². The molecule has 6 nitrogen and oxygen atoms in total. The van der Waals surface area contributed by atoms with Gasteiger partial charge in [-0.1, -0.05) is 6.07 Å². The summed E-state index contributed by atoms with van der Waals surface area (Å²) < 4.78 is 5.31. The molecule has 100 valence electrons. The smallest absolute Gasteiger partial charge is 0.337 e. The molecule has 1 aromatic rings. The van der Waals surface area contributed by atoms with Gasteiger partial charge in [0.1, 0.15) is 6.04 Å². The number of hydrogen-bond donors (Lipinski definition) is 2. The Hall–Kier alpha value is -2.08.